The molecule has 12 heteroatoms. The van der Waals surface area contributed by atoms with Crippen LogP contribution in [0.25, 0.3) is 11.0 Å². The molecule has 0 radical (unpaired) electrons. The second kappa shape index (κ2) is 11.3. The number of rotatable bonds is 6. The Kier molecular flexibility index (Phi) is 8.73. The summed E-state index contributed by atoms with van der Waals surface area (Å²) in [5.41, 5.74) is -3.10. The molecule has 1 aromatic heterocycles. The molecular weight excluding hydrogens is 536 g/mol. The third kappa shape index (κ3) is 7.51. The molecule has 1 fully saturated rings. The summed E-state index contributed by atoms with van der Waals surface area (Å²) in [6, 6.07) is 2.42. The highest BCUT2D eigenvalue weighted by Crippen LogP contribution is 2.35. The number of halogens is 2. The molecule has 0 spiro atoms. The maximum Gasteiger partial charge on any atom is 0.410 e. The molecule has 0 unspecified atom stereocenters. The number of carbonyl (C=O) groups is 3. The topological polar surface area (TPSA) is 118 Å². The van der Waals surface area contributed by atoms with Crippen molar-refractivity contribution in [3.63, 3.8) is 0 Å². The van der Waals surface area contributed by atoms with E-state index in [1.54, 1.807) is 47.6 Å². The van der Waals surface area contributed by atoms with E-state index < -0.39 is 58.5 Å². The summed E-state index contributed by atoms with van der Waals surface area (Å²) < 4.78 is 42.6. The molecule has 41 heavy (non-hydrogen) atoms. The molecule has 0 saturated carbocycles. The van der Waals surface area contributed by atoms with Gasteiger partial charge in [0, 0.05) is 31.0 Å². The van der Waals surface area contributed by atoms with Gasteiger partial charge in [0.15, 0.2) is 18.4 Å². The number of esters is 1. The van der Waals surface area contributed by atoms with Crippen LogP contribution in [0.3, 0.4) is 0 Å². The van der Waals surface area contributed by atoms with Crippen molar-refractivity contribution in [2.75, 3.05) is 24.7 Å². The normalized spacial score (nSPS) is 14.4. The molecule has 1 aliphatic rings. The lowest BCUT2D eigenvalue weighted by Gasteiger charge is -2.39. The highest BCUT2D eigenvalue weighted by Gasteiger charge is 2.37. The van der Waals surface area contributed by atoms with E-state index >= 15 is 4.39 Å². The largest absolute Gasteiger partial charge is 0.444 e. The number of nitrogens with zero attached hydrogens (tertiary/aromatic N) is 5. The third-order valence-electron chi connectivity index (χ3n) is 6.24. The molecule has 0 atom stereocenters. The van der Waals surface area contributed by atoms with Gasteiger partial charge in [0.2, 0.25) is 11.9 Å². The first-order chi connectivity index (χ1) is 18.7. The second-order valence-corrected chi connectivity index (χ2v) is 13.6. The second-order valence-electron chi connectivity index (χ2n) is 13.6. The summed E-state index contributed by atoms with van der Waals surface area (Å²) in [6.45, 7) is 16.2. The molecule has 224 valence electrons. The minimum Gasteiger partial charge on any atom is -0.444 e. The molecule has 2 amide bonds. The zero-order chi connectivity index (χ0) is 31.1. The number of fused-ring (bicyclic) bond motifs is 1. The lowest BCUT2D eigenvalue weighted by Crippen LogP contribution is -2.52. The van der Waals surface area contributed by atoms with Crippen LogP contribution in [-0.4, -0.2) is 57.8 Å². The van der Waals surface area contributed by atoms with Crippen LogP contribution >= 0.6 is 0 Å². The Balaban J connectivity index is 1.88. The molecule has 0 aliphatic carbocycles. The van der Waals surface area contributed by atoms with Gasteiger partial charge in [-0.1, -0.05) is 20.8 Å². The summed E-state index contributed by atoms with van der Waals surface area (Å²) in [7, 11) is 0. The van der Waals surface area contributed by atoms with Crippen LogP contribution in [0.2, 0.25) is 0 Å². The van der Waals surface area contributed by atoms with E-state index in [1.165, 1.54) is 9.47 Å². The fourth-order valence-corrected chi connectivity index (χ4v) is 4.46. The van der Waals surface area contributed by atoms with Crippen LogP contribution in [0.1, 0.15) is 80.7 Å². The number of imidazole rings is 1. The van der Waals surface area contributed by atoms with Gasteiger partial charge in [0.1, 0.15) is 22.7 Å². The molecule has 2 heterocycles. The lowest BCUT2D eigenvalue weighted by molar-refractivity contribution is -0.146. The average molecular weight is 576 g/mol. The van der Waals surface area contributed by atoms with E-state index in [9.17, 15) is 24.0 Å². The van der Waals surface area contributed by atoms with Crippen LogP contribution < -0.4 is 4.90 Å². The molecule has 0 N–H and O–H groups in total. The average Bonchev–Trinajstić information content (AvgIpc) is 3.17. The lowest BCUT2D eigenvalue weighted by atomic mass is 9.92. The van der Waals surface area contributed by atoms with Gasteiger partial charge in [-0.25, -0.2) is 23.5 Å². The first-order valence-electron chi connectivity index (χ1n) is 13.5. The molecule has 1 aliphatic heterocycles. The first-order valence-corrected chi connectivity index (χ1v) is 13.5. The van der Waals surface area contributed by atoms with E-state index in [0.29, 0.717) is 13.1 Å². The van der Waals surface area contributed by atoms with Crippen LogP contribution in [0.15, 0.2) is 6.07 Å². The fourth-order valence-electron chi connectivity index (χ4n) is 4.46. The minimum absolute atomic E-state index is 0.00503. The zero-order valence-corrected chi connectivity index (χ0v) is 25.2. The molecule has 3 rings (SSSR count). The Morgan fingerprint density at radius 3 is 2.22 bits per heavy atom. The summed E-state index contributed by atoms with van der Waals surface area (Å²) in [5.74, 6) is -3.19. The Labute approximate surface area is 239 Å². The van der Waals surface area contributed by atoms with Crippen molar-refractivity contribution < 1.29 is 32.6 Å². The maximum atomic E-state index is 15.4. The van der Waals surface area contributed by atoms with Gasteiger partial charge in [-0.15, -0.1) is 0 Å². The van der Waals surface area contributed by atoms with Crippen molar-refractivity contribution in [1.82, 2.24) is 14.5 Å². The summed E-state index contributed by atoms with van der Waals surface area (Å²) in [5, 5.41) is 9.33. The Bertz CT molecular complexity index is 1390. The number of hydrogen-bond acceptors (Lipinski definition) is 7. The number of hydrogen-bond donors (Lipinski definition) is 0. The van der Waals surface area contributed by atoms with Crippen molar-refractivity contribution in [2.24, 2.45) is 11.3 Å². The minimum atomic E-state index is -0.961. The van der Waals surface area contributed by atoms with Crippen molar-refractivity contribution in [2.45, 2.75) is 86.3 Å². The number of benzene rings is 1. The molecule has 2 aromatic rings. The van der Waals surface area contributed by atoms with Gasteiger partial charge < -0.3 is 18.9 Å². The predicted molar refractivity (Wildman–Crippen MR) is 148 cm³/mol. The fraction of sp³-hybridized carbons (Fsp3) is 0.621. The molecule has 1 saturated heterocycles. The van der Waals surface area contributed by atoms with E-state index in [2.05, 4.69) is 4.98 Å². The van der Waals surface area contributed by atoms with Crippen LogP contribution in [0.5, 0.6) is 0 Å². The predicted octanol–water partition coefficient (Wildman–Crippen LogP) is 5.47. The maximum absolute atomic E-state index is 15.4. The number of likely N-dealkylation sites (tertiary alicyclic amines) is 1. The van der Waals surface area contributed by atoms with Crippen molar-refractivity contribution in [3.8, 4) is 6.07 Å². The number of amides is 2. The van der Waals surface area contributed by atoms with Gasteiger partial charge >= 0.3 is 12.1 Å². The van der Waals surface area contributed by atoms with Gasteiger partial charge in [0.25, 0.3) is 0 Å². The van der Waals surface area contributed by atoms with E-state index in [0.717, 1.165) is 11.0 Å². The molecular formula is C29H39F2N5O5. The van der Waals surface area contributed by atoms with Crippen LogP contribution in [0, 0.1) is 34.3 Å². The smallest absolute Gasteiger partial charge is 0.410 e. The number of aromatic nitrogens is 2. The summed E-state index contributed by atoms with van der Waals surface area (Å²) in [4.78, 5) is 45.3. The Morgan fingerprint density at radius 1 is 1.10 bits per heavy atom. The van der Waals surface area contributed by atoms with Gasteiger partial charge in [-0.3, -0.25) is 9.59 Å². The first kappa shape index (κ1) is 31.8. The number of ether oxygens (including phenoxy) is 2. The van der Waals surface area contributed by atoms with Crippen molar-refractivity contribution >= 4 is 35.0 Å². The van der Waals surface area contributed by atoms with E-state index in [-0.39, 0.29) is 35.7 Å². The standard InChI is InChI=1S/C29H39F2N5O5/c1-27(2,3)12-20(37)35(16-40-21(38)10-17-14-34(15-17)26(39)41-29(7,8)9)25-33-23-19(30)11-18(13-32)22(31)24(23)36(25)28(4,5)6/h11,17H,10,12,14-16H2,1-9H3. The third-order valence-corrected chi connectivity index (χ3v) is 6.24. The Morgan fingerprint density at radius 2 is 1.71 bits per heavy atom. The van der Waals surface area contributed by atoms with E-state index in [1.807, 2.05) is 20.8 Å². The van der Waals surface area contributed by atoms with Crippen molar-refractivity contribution in [1.29, 1.82) is 5.26 Å². The molecule has 1 aromatic carbocycles. The highest BCUT2D eigenvalue weighted by molar-refractivity contribution is 5.95. The molecule has 0 bridgehead atoms. The zero-order valence-electron chi connectivity index (χ0n) is 25.2. The number of anilines is 1. The SMILES string of the molecule is CC(C)(C)CC(=O)N(COC(=O)CC1CN(C(=O)OC(C)(C)C)C1)c1nc2c(F)cc(C#N)c(F)c2n1C(C)(C)C. The van der Waals surface area contributed by atoms with Gasteiger partial charge in [-0.05, 0) is 53.0 Å². The summed E-state index contributed by atoms with van der Waals surface area (Å²) in [6.07, 6.45) is -0.425. The van der Waals surface area contributed by atoms with Gasteiger partial charge in [-0.2, -0.15) is 5.26 Å². The van der Waals surface area contributed by atoms with Gasteiger partial charge in [0.05, 0.1) is 12.0 Å². The monoisotopic (exact) mass is 575 g/mol. The molecule has 10 nitrogen and oxygen atoms in total. The number of carbonyl (C=O) groups excluding carboxylic acids is 3. The summed E-state index contributed by atoms with van der Waals surface area (Å²) >= 11 is 0. The van der Waals surface area contributed by atoms with Crippen LogP contribution in [-0.2, 0) is 24.6 Å². The van der Waals surface area contributed by atoms with Crippen LogP contribution in [0.4, 0.5) is 19.5 Å². The van der Waals surface area contributed by atoms with Crippen molar-refractivity contribution in [3.05, 3.63) is 23.3 Å². The number of nitriles is 1. The Hall–Kier alpha value is -3.75. The quantitative estimate of drug-likeness (QED) is 0.331. The van der Waals surface area contributed by atoms with E-state index in [4.69, 9.17) is 9.47 Å². The highest BCUT2D eigenvalue weighted by atomic mass is 19.1.